The number of phenolic OH excluding ortho intramolecular Hbond substituents is 1. The number of benzene rings is 2. The molecule has 0 bridgehead atoms. The van der Waals surface area contributed by atoms with E-state index in [0.717, 1.165) is 6.42 Å². The first-order chi connectivity index (χ1) is 9.65. The quantitative estimate of drug-likeness (QED) is 0.911. The van der Waals surface area contributed by atoms with Crippen LogP contribution in [0.3, 0.4) is 0 Å². The van der Waals surface area contributed by atoms with E-state index < -0.39 is 0 Å². The van der Waals surface area contributed by atoms with Crippen LogP contribution in [0.15, 0.2) is 42.5 Å². The lowest BCUT2D eigenvalue weighted by Gasteiger charge is -2.30. The molecule has 0 saturated carbocycles. The molecule has 0 aliphatic heterocycles. The van der Waals surface area contributed by atoms with Gasteiger partial charge in [0, 0.05) is 17.5 Å². The van der Waals surface area contributed by atoms with E-state index >= 15 is 0 Å². The second-order valence-corrected chi connectivity index (χ2v) is 5.41. The largest absolute Gasteiger partial charge is 0.507 e. The summed E-state index contributed by atoms with van der Waals surface area (Å²) in [5, 5.41) is 13.0. The normalized spacial score (nSPS) is 16.1. The Bertz CT molecular complexity index is 669. The lowest BCUT2D eigenvalue weighted by molar-refractivity contribution is 0.0947. The van der Waals surface area contributed by atoms with Crippen molar-refractivity contribution < 1.29 is 9.90 Å². The summed E-state index contributed by atoms with van der Waals surface area (Å²) in [5.41, 5.74) is 2.85. The van der Waals surface area contributed by atoms with Crippen molar-refractivity contribution in [3.8, 4) is 5.75 Å². The van der Waals surface area contributed by atoms with Crippen molar-refractivity contribution in [2.45, 2.75) is 12.3 Å². The van der Waals surface area contributed by atoms with E-state index in [-0.39, 0.29) is 17.2 Å². The van der Waals surface area contributed by atoms with Gasteiger partial charge in [-0.2, -0.15) is 0 Å². The highest BCUT2D eigenvalue weighted by atomic mass is 35.5. The third-order valence-electron chi connectivity index (χ3n) is 3.67. The molecule has 1 atom stereocenters. The van der Waals surface area contributed by atoms with Crippen LogP contribution in [0.1, 0.15) is 27.4 Å². The number of nitrogens with one attached hydrogen (secondary N) is 1. The molecule has 0 saturated heterocycles. The Morgan fingerprint density at radius 2 is 2.10 bits per heavy atom. The van der Waals surface area contributed by atoms with Crippen LogP contribution in [0.25, 0.3) is 0 Å². The van der Waals surface area contributed by atoms with E-state index in [0.29, 0.717) is 17.5 Å². The predicted octanol–water partition coefficient (Wildman–Crippen LogP) is 3.12. The maximum Gasteiger partial charge on any atom is 0.255 e. The first kappa shape index (κ1) is 13.0. The number of fused-ring (bicyclic) bond motifs is 1. The fourth-order valence-corrected chi connectivity index (χ4v) is 2.72. The van der Waals surface area contributed by atoms with E-state index in [2.05, 4.69) is 17.4 Å². The molecule has 3 nitrogen and oxygen atoms in total. The molecule has 2 aromatic rings. The number of aromatic hydroxyl groups is 1. The second-order valence-electron chi connectivity index (χ2n) is 4.97. The number of carbonyl (C=O) groups excluding carboxylic acids is 1. The Labute approximate surface area is 122 Å². The monoisotopic (exact) mass is 287 g/mol. The molecule has 4 heteroatoms. The molecule has 1 aliphatic rings. The van der Waals surface area contributed by atoms with Crippen LogP contribution in [-0.2, 0) is 6.42 Å². The standard InChI is InChI=1S/C16H14ClNO2/c17-12-5-6-15(19)14(8-12)16(20)18-9-11-7-10-3-1-2-4-13(10)11/h1-6,8,11,19H,7,9H2,(H,18,20). The highest BCUT2D eigenvalue weighted by Gasteiger charge is 2.25. The minimum atomic E-state index is -0.297. The molecule has 1 amide bonds. The second kappa shape index (κ2) is 5.17. The Hall–Kier alpha value is -2.00. The average Bonchev–Trinajstić information content (AvgIpc) is 2.42. The van der Waals surface area contributed by atoms with Gasteiger partial charge < -0.3 is 10.4 Å². The lowest BCUT2D eigenvalue weighted by Crippen LogP contribution is -2.33. The van der Waals surface area contributed by atoms with Crippen LogP contribution in [0, 0.1) is 0 Å². The van der Waals surface area contributed by atoms with E-state index in [9.17, 15) is 9.90 Å². The van der Waals surface area contributed by atoms with E-state index in [1.54, 1.807) is 6.07 Å². The number of amides is 1. The summed E-state index contributed by atoms with van der Waals surface area (Å²) in [5.74, 6) is 0.00627. The van der Waals surface area contributed by atoms with Gasteiger partial charge in [0.2, 0.25) is 0 Å². The van der Waals surface area contributed by atoms with Crippen molar-refractivity contribution in [2.24, 2.45) is 0 Å². The Morgan fingerprint density at radius 3 is 2.90 bits per heavy atom. The first-order valence-corrected chi connectivity index (χ1v) is 6.87. The SMILES string of the molecule is O=C(NCC1Cc2ccccc21)c1cc(Cl)ccc1O. The van der Waals surface area contributed by atoms with Gasteiger partial charge in [-0.25, -0.2) is 0 Å². The van der Waals surface area contributed by atoms with Crippen molar-refractivity contribution >= 4 is 17.5 Å². The van der Waals surface area contributed by atoms with Gasteiger partial charge in [-0.1, -0.05) is 35.9 Å². The van der Waals surface area contributed by atoms with Crippen molar-refractivity contribution in [1.29, 1.82) is 0 Å². The van der Waals surface area contributed by atoms with Crippen molar-refractivity contribution in [1.82, 2.24) is 5.32 Å². The molecule has 0 spiro atoms. The molecular weight excluding hydrogens is 274 g/mol. The number of rotatable bonds is 3. The minimum absolute atomic E-state index is 0.0547. The van der Waals surface area contributed by atoms with E-state index in [1.165, 1.54) is 23.3 Å². The van der Waals surface area contributed by atoms with Crippen LogP contribution < -0.4 is 5.32 Å². The summed E-state index contributed by atoms with van der Waals surface area (Å²) in [7, 11) is 0. The van der Waals surface area contributed by atoms with Gasteiger partial charge in [0.25, 0.3) is 5.91 Å². The van der Waals surface area contributed by atoms with Crippen LogP contribution in [0.2, 0.25) is 5.02 Å². The molecular formula is C16H14ClNO2. The molecule has 1 aliphatic carbocycles. The molecule has 102 valence electrons. The fraction of sp³-hybridized carbons (Fsp3) is 0.188. The van der Waals surface area contributed by atoms with Crippen LogP contribution >= 0.6 is 11.6 Å². The first-order valence-electron chi connectivity index (χ1n) is 6.49. The zero-order valence-electron chi connectivity index (χ0n) is 10.8. The summed E-state index contributed by atoms with van der Waals surface area (Å²) in [6.07, 6.45) is 0.984. The lowest BCUT2D eigenvalue weighted by atomic mass is 9.77. The average molecular weight is 288 g/mol. The molecule has 2 N–H and O–H groups in total. The smallest absolute Gasteiger partial charge is 0.255 e. The maximum atomic E-state index is 12.0. The predicted molar refractivity (Wildman–Crippen MR) is 78.3 cm³/mol. The Morgan fingerprint density at radius 1 is 1.30 bits per heavy atom. The summed E-state index contributed by atoms with van der Waals surface area (Å²) in [4.78, 5) is 12.0. The molecule has 20 heavy (non-hydrogen) atoms. The topological polar surface area (TPSA) is 49.3 Å². The van der Waals surface area contributed by atoms with Crippen LogP contribution in [0.4, 0.5) is 0 Å². The third-order valence-corrected chi connectivity index (χ3v) is 3.91. The van der Waals surface area contributed by atoms with Gasteiger partial charge in [0.05, 0.1) is 5.56 Å². The van der Waals surface area contributed by atoms with Crippen molar-refractivity contribution in [3.63, 3.8) is 0 Å². The van der Waals surface area contributed by atoms with Gasteiger partial charge in [-0.3, -0.25) is 4.79 Å². The van der Waals surface area contributed by atoms with E-state index in [4.69, 9.17) is 11.6 Å². The van der Waals surface area contributed by atoms with Gasteiger partial charge in [0.1, 0.15) is 5.75 Å². The fourth-order valence-electron chi connectivity index (χ4n) is 2.55. The number of hydrogen-bond acceptors (Lipinski definition) is 2. The molecule has 0 aromatic heterocycles. The summed E-state index contributed by atoms with van der Waals surface area (Å²) < 4.78 is 0. The summed E-state index contributed by atoms with van der Waals surface area (Å²) in [6, 6.07) is 12.7. The number of carbonyl (C=O) groups is 1. The number of halogens is 1. The van der Waals surface area contributed by atoms with Gasteiger partial charge in [-0.05, 0) is 35.7 Å². The molecule has 0 fully saturated rings. The number of phenols is 1. The van der Waals surface area contributed by atoms with Crippen LogP contribution in [-0.4, -0.2) is 17.6 Å². The highest BCUT2D eigenvalue weighted by Crippen LogP contribution is 2.34. The molecule has 2 aromatic carbocycles. The zero-order valence-corrected chi connectivity index (χ0v) is 11.5. The summed E-state index contributed by atoms with van der Waals surface area (Å²) >= 11 is 5.84. The molecule has 3 rings (SSSR count). The minimum Gasteiger partial charge on any atom is -0.507 e. The third kappa shape index (κ3) is 2.37. The van der Waals surface area contributed by atoms with Crippen LogP contribution in [0.5, 0.6) is 5.75 Å². The number of hydrogen-bond donors (Lipinski definition) is 2. The van der Waals surface area contributed by atoms with Gasteiger partial charge in [-0.15, -0.1) is 0 Å². The van der Waals surface area contributed by atoms with E-state index in [1.807, 2.05) is 12.1 Å². The zero-order chi connectivity index (χ0) is 14.1. The van der Waals surface area contributed by atoms with Crippen molar-refractivity contribution in [3.05, 3.63) is 64.2 Å². The van der Waals surface area contributed by atoms with Gasteiger partial charge >= 0.3 is 0 Å². The summed E-state index contributed by atoms with van der Waals surface area (Å²) in [6.45, 7) is 0.571. The molecule has 0 radical (unpaired) electrons. The van der Waals surface area contributed by atoms with Gasteiger partial charge in [0.15, 0.2) is 0 Å². The maximum absolute atomic E-state index is 12.0. The Kier molecular flexibility index (Phi) is 3.36. The Balaban J connectivity index is 1.65. The molecule has 0 heterocycles. The van der Waals surface area contributed by atoms with Crippen molar-refractivity contribution in [2.75, 3.05) is 6.54 Å². The highest BCUT2D eigenvalue weighted by molar-refractivity contribution is 6.31. The molecule has 1 unspecified atom stereocenters.